The SMILES string of the molecule is CCCN(CC(=O)N(C)C)C(=O)[C@@H]1CC[C@H](C(=O)O)C1. The molecule has 1 fully saturated rings. The molecule has 0 spiro atoms. The Hall–Kier alpha value is -1.59. The van der Waals surface area contributed by atoms with Crippen molar-refractivity contribution in [3.8, 4) is 0 Å². The molecular weight excluding hydrogens is 260 g/mol. The van der Waals surface area contributed by atoms with Gasteiger partial charge in [-0.2, -0.15) is 0 Å². The minimum Gasteiger partial charge on any atom is -0.481 e. The molecule has 0 radical (unpaired) electrons. The number of rotatable bonds is 6. The van der Waals surface area contributed by atoms with Crippen LogP contribution in [0, 0.1) is 11.8 Å². The van der Waals surface area contributed by atoms with E-state index in [0.717, 1.165) is 6.42 Å². The molecule has 114 valence electrons. The van der Waals surface area contributed by atoms with E-state index in [0.29, 0.717) is 25.8 Å². The third kappa shape index (κ3) is 4.21. The predicted molar refractivity (Wildman–Crippen MR) is 74.0 cm³/mol. The first kappa shape index (κ1) is 16.5. The van der Waals surface area contributed by atoms with Gasteiger partial charge in [-0.25, -0.2) is 0 Å². The summed E-state index contributed by atoms with van der Waals surface area (Å²) >= 11 is 0. The maximum atomic E-state index is 12.4. The molecule has 0 aliphatic heterocycles. The second-order valence-electron chi connectivity index (χ2n) is 5.59. The van der Waals surface area contributed by atoms with Crippen molar-refractivity contribution in [3.05, 3.63) is 0 Å². The molecule has 0 unspecified atom stereocenters. The Morgan fingerprint density at radius 2 is 1.75 bits per heavy atom. The molecule has 1 rings (SSSR count). The fraction of sp³-hybridized carbons (Fsp3) is 0.786. The molecule has 0 aromatic carbocycles. The number of carbonyl (C=O) groups is 3. The van der Waals surface area contributed by atoms with Crippen molar-refractivity contribution in [1.82, 2.24) is 9.80 Å². The first-order chi connectivity index (χ1) is 9.36. The summed E-state index contributed by atoms with van der Waals surface area (Å²) in [4.78, 5) is 38.2. The maximum Gasteiger partial charge on any atom is 0.306 e. The van der Waals surface area contributed by atoms with Gasteiger partial charge in [-0.3, -0.25) is 14.4 Å². The van der Waals surface area contributed by atoms with E-state index < -0.39 is 11.9 Å². The van der Waals surface area contributed by atoms with Crippen molar-refractivity contribution in [2.45, 2.75) is 32.6 Å². The maximum absolute atomic E-state index is 12.4. The van der Waals surface area contributed by atoms with Crippen molar-refractivity contribution in [1.29, 1.82) is 0 Å². The highest BCUT2D eigenvalue weighted by atomic mass is 16.4. The van der Waals surface area contributed by atoms with Crippen LogP contribution in [0.25, 0.3) is 0 Å². The van der Waals surface area contributed by atoms with E-state index in [1.165, 1.54) is 4.90 Å². The standard InChI is InChI=1S/C14H24N2O4/c1-4-7-16(9-12(17)15(2)3)13(18)10-5-6-11(8-10)14(19)20/h10-11H,4-9H2,1-3H3,(H,19,20)/t10-,11+/m1/s1. The monoisotopic (exact) mass is 284 g/mol. The van der Waals surface area contributed by atoms with E-state index in [1.807, 2.05) is 6.92 Å². The summed E-state index contributed by atoms with van der Waals surface area (Å²) in [6, 6.07) is 0. The zero-order chi connectivity index (χ0) is 15.3. The van der Waals surface area contributed by atoms with Crippen LogP contribution in [0.2, 0.25) is 0 Å². The topological polar surface area (TPSA) is 77.9 Å². The number of carboxylic acids is 1. The van der Waals surface area contributed by atoms with Crippen LogP contribution in [-0.2, 0) is 14.4 Å². The number of carbonyl (C=O) groups excluding carboxylic acids is 2. The van der Waals surface area contributed by atoms with Crippen LogP contribution in [0.3, 0.4) is 0 Å². The Bertz CT molecular complexity index is 381. The second-order valence-corrected chi connectivity index (χ2v) is 5.59. The van der Waals surface area contributed by atoms with Crippen molar-refractivity contribution >= 4 is 17.8 Å². The average molecular weight is 284 g/mol. The van der Waals surface area contributed by atoms with Crippen molar-refractivity contribution < 1.29 is 19.5 Å². The van der Waals surface area contributed by atoms with Crippen LogP contribution in [0.15, 0.2) is 0 Å². The van der Waals surface area contributed by atoms with E-state index in [9.17, 15) is 14.4 Å². The van der Waals surface area contributed by atoms with Crippen LogP contribution in [0.5, 0.6) is 0 Å². The van der Waals surface area contributed by atoms with Crippen LogP contribution in [-0.4, -0.2) is 59.9 Å². The summed E-state index contributed by atoms with van der Waals surface area (Å²) in [6.45, 7) is 2.57. The smallest absolute Gasteiger partial charge is 0.306 e. The number of likely N-dealkylation sites (N-methyl/N-ethyl adjacent to an activating group) is 1. The Morgan fingerprint density at radius 1 is 1.15 bits per heavy atom. The van der Waals surface area contributed by atoms with Gasteiger partial charge in [-0.1, -0.05) is 6.92 Å². The van der Waals surface area contributed by atoms with Crippen molar-refractivity contribution in [2.24, 2.45) is 11.8 Å². The van der Waals surface area contributed by atoms with Gasteiger partial charge in [0.15, 0.2) is 0 Å². The highest BCUT2D eigenvalue weighted by Gasteiger charge is 2.36. The molecule has 0 saturated heterocycles. The van der Waals surface area contributed by atoms with Gasteiger partial charge in [0.1, 0.15) is 0 Å². The minimum atomic E-state index is -0.827. The van der Waals surface area contributed by atoms with Gasteiger partial charge < -0.3 is 14.9 Å². The molecule has 0 aromatic heterocycles. The molecule has 1 saturated carbocycles. The first-order valence-corrected chi connectivity index (χ1v) is 7.08. The Morgan fingerprint density at radius 3 is 2.20 bits per heavy atom. The summed E-state index contributed by atoms with van der Waals surface area (Å²) < 4.78 is 0. The number of amides is 2. The summed E-state index contributed by atoms with van der Waals surface area (Å²) in [7, 11) is 3.32. The zero-order valence-electron chi connectivity index (χ0n) is 12.5. The molecule has 0 aromatic rings. The summed E-state index contributed by atoms with van der Waals surface area (Å²) in [6.07, 6.45) is 2.32. The lowest BCUT2D eigenvalue weighted by Crippen LogP contribution is -2.43. The van der Waals surface area contributed by atoms with E-state index in [-0.39, 0.29) is 24.3 Å². The Balaban J connectivity index is 2.65. The van der Waals surface area contributed by atoms with Gasteiger partial charge in [-0.15, -0.1) is 0 Å². The number of aliphatic carboxylic acids is 1. The van der Waals surface area contributed by atoms with E-state index in [2.05, 4.69) is 0 Å². The fourth-order valence-corrected chi connectivity index (χ4v) is 2.53. The van der Waals surface area contributed by atoms with Crippen LogP contribution >= 0.6 is 0 Å². The van der Waals surface area contributed by atoms with Crippen LogP contribution in [0.4, 0.5) is 0 Å². The number of carboxylic acid groups (broad SMARTS) is 1. The van der Waals surface area contributed by atoms with Crippen molar-refractivity contribution in [3.63, 3.8) is 0 Å². The summed E-state index contributed by atoms with van der Waals surface area (Å²) in [5.74, 6) is -1.69. The molecule has 2 atom stereocenters. The number of nitrogens with zero attached hydrogens (tertiary/aromatic N) is 2. The van der Waals surface area contributed by atoms with Crippen molar-refractivity contribution in [2.75, 3.05) is 27.2 Å². The Kier molecular flexibility index (Phi) is 5.98. The quantitative estimate of drug-likeness (QED) is 0.783. The lowest BCUT2D eigenvalue weighted by Gasteiger charge is -2.26. The number of hydrogen-bond donors (Lipinski definition) is 1. The van der Waals surface area contributed by atoms with E-state index in [1.54, 1.807) is 19.0 Å². The second kappa shape index (κ2) is 7.26. The van der Waals surface area contributed by atoms with Gasteiger partial charge in [-0.05, 0) is 25.7 Å². The van der Waals surface area contributed by atoms with Gasteiger partial charge in [0.25, 0.3) is 0 Å². The first-order valence-electron chi connectivity index (χ1n) is 7.08. The summed E-state index contributed by atoms with van der Waals surface area (Å²) in [5, 5.41) is 8.99. The predicted octanol–water partition coefficient (Wildman–Crippen LogP) is 0.814. The molecule has 2 amide bonds. The highest BCUT2D eigenvalue weighted by molar-refractivity contribution is 5.86. The Labute approximate surface area is 119 Å². The van der Waals surface area contributed by atoms with Crippen LogP contribution in [0.1, 0.15) is 32.6 Å². The molecule has 1 N–H and O–H groups in total. The third-order valence-electron chi connectivity index (χ3n) is 3.76. The highest BCUT2D eigenvalue weighted by Crippen LogP contribution is 2.32. The zero-order valence-corrected chi connectivity index (χ0v) is 12.5. The molecule has 6 nitrogen and oxygen atoms in total. The molecule has 0 bridgehead atoms. The van der Waals surface area contributed by atoms with E-state index >= 15 is 0 Å². The van der Waals surface area contributed by atoms with Gasteiger partial charge in [0.05, 0.1) is 12.5 Å². The molecule has 0 heterocycles. The lowest BCUT2D eigenvalue weighted by molar-refractivity contribution is -0.143. The third-order valence-corrected chi connectivity index (χ3v) is 3.76. The lowest BCUT2D eigenvalue weighted by atomic mass is 10.0. The molecule has 6 heteroatoms. The molecular formula is C14H24N2O4. The van der Waals surface area contributed by atoms with E-state index in [4.69, 9.17) is 5.11 Å². The van der Waals surface area contributed by atoms with Gasteiger partial charge in [0, 0.05) is 26.6 Å². The molecule has 1 aliphatic carbocycles. The van der Waals surface area contributed by atoms with Crippen LogP contribution < -0.4 is 0 Å². The normalized spacial score (nSPS) is 21.6. The minimum absolute atomic E-state index is 0.0773. The summed E-state index contributed by atoms with van der Waals surface area (Å²) in [5.41, 5.74) is 0. The van der Waals surface area contributed by atoms with Gasteiger partial charge >= 0.3 is 5.97 Å². The average Bonchev–Trinajstić information content (AvgIpc) is 2.86. The number of hydrogen-bond acceptors (Lipinski definition) is 3. The fourth-order valence-electron chi connectivity index (χ4n) is 2.53. The van der Waals surface area contributed by atoms with Gasteiger partial charge in [0.2, 0.25) is 11.8 Å². The molecule has 1 aliphatic rings. The largest absolute Gasteiger partial charge is 0.481 e. The molecule has 20 heavy (non-hydrogen) atoms.